The molecule has 2 aromatic rings. The first-order valence-corrected chi connectivity index (χ1v) is 8.56. The van der Waals surface area contributed by atoms with Gasteiger partial charge in [0.15, 0.2) is 0 Å². The van der Waals surface area contributed by atoms with Crippen LogP contribution in [0.3, 0.4) is 0 Å². The summed E-state index contributed by atoms with van der Waals surface area (Å²) in [5.74, 6) is 1.39. The van der Waals surface area contributed by atoms with Gasteiger partial charge in [0.05, 0.1) is 6.61 Å². The molecular formula is C16H20N4O2S. The number of carbonyl (C=O) groups excluding carboxylic acids is 1. The summed E-state index contributed by atoms with van der Waals surface area (Å²) in [6, 6.07) is 9.75. The van der Waals surface area contributed by atoms with Gasteiger partial charge in [-0.1, -0.05) is 29.5 Å². The van der Waals surface area contributed by atoms with Gasteiger partial charge in [-0.3, -0.25) is 5.32 Å². The van der Waals surface area contributed by atoms with E-state index in [1.807, 2.05) is 42.2 Å². The number of rotatable bonds is 4. The molecule has 0 aliphatic carbocycles. The fourth-order valence-corrected chi connectivity index (χ4v) is 3.13. The van der Waals surface area contributed by atoms with Crippen molar-refractivity contribution < 1.29 is 9.53 Å². The Morgan fingerprint density at radius 2 is 2.04 bits per heavy atom. The molecule has 0 spiro atoms. The molecule has 122 valence electrons. The monoisotopic (exact) mass is 332 g/mol. The first kappa shape index (κ1) is 15.7. The van der Waals surface area contributed by atoms with Gasteiger partial charge in [0.1, 0.15) is 10.8 Å². The van der Waals surface area contributed by atoms with Crippen LogP contribution >= 0.6 is 11.3 Å². The molecule has 3 rings (SSSR count). The van der Waals surface area contributed by atoms with Crippen molar-refractivity contribution >= 4 is 22.5 Å². The van der Waals surface area contributed by atoms with Crippen LogP contribution in [0.2, 0.25) is 0 Å². The summed E-state index contributed by atoms with van der Waals surface area (Å²) < 4.78 is 5.80. The first-order chi connectivity index (χ1) is 11.2. The van der Waals surface area contributed by atoms with Crippen LogP contribution in [-0.4, -0.2) is 40.8 Å². The number of ether oxygens (including phenoxy) is 1. The Hall–Kier alpha value is -2.15. The number of aryl methyl sites for hydroxylation is 1. The number of carbonyl (C=O) groups is 1. The van der Waals surface area contributed by atoms with E-state index in [0.717, 1.165) is 36.7 Å². The van der Waals surface area contributed by atoms with E-state index in [4.69, 9.17) is 4.74 Å². The molecule has 0 bridgehead atoms. The fourth-order valence-electron chi connectivity index (χ4n) is 2.55. The van der Waals surface area contributed by atoms with Crippen LogP contribution in [-0.2, 0) is 0 Å². The van der Waals surface area contributed by atoms with Crippen molar-refractivity contribution in [3.63, 3.8) is 0 Å². The van der Waals surface area contributed by atoms with Crippen molar-refractivity contribution in [1.29, 1.82) is 0 Å². The van der Waals surface area contributed by atoms with Crippen molar-refractivity contribution in [2.75, 3.05) is 25.0 Å². The molecule has 0 saturated carbocycles. The number of hydrogen-bond acceptors (Lipinski definition) is 5. The number of anilines is 1. The van der Waals surface area contributed by atoms with Crippen molar-refractivity contribution in [3.8, 4) is 5.75 Å². The highest BCUT2D eigenvalue weighted by molar-refractivity contribution is 7.15. The number of aromatic nitrogens is 2. The van der Waals surface area contributed by atoms with Crippen molar-refractivity contribution in [1.82, 2.24) is 15.1 Å². The summed E-state index contributed by atoms with van der Waals surface area (Å²) in [4.78, 5) is 14.0. The second-order valence-electron chi connectivity index (χ2n) is 5.61. The first-order valence-electron chi connectivity index (χ1n) is 7.74. The lowest BCUT2D eigenvalue weighted by molar-refractivity contribution is 0.152. The van der Waals surface area contributed by atoms with E-state index in [0.29, 0.717) is 17.7 Å². The third-order valence-electron chi connectivity index (χ3n) is 3.87. The van der Waals surface area contributed by atoms with E-state index in [1.54, 1.807) is 0 Å². The number of amides is 2. The summed E-state index contributed by atoms with van der Waals surface area (Å²) >= 11 is 1.39. The van der Waals surface area contributed by atoms with Crippen LogP contribution in [0, 0.1) is 12.8 Å². The van der Waals surface area contributed by atoms with E-state index in [2.05, 4.69) is 15.5 Å². The Balaban J connectivity index is 1.42. The molecule has 6 nitrogen and oxygen atoms in total. The van der Waals surface area contributed by atoms with Gasteiger partial charge in [-0.15, -0.1) is 10.2 Å². The predicted octanol–water partition coefficient (Wildman–Crippen LogP) is 3.17. The highest BCUT2D eigenvalue weighted by Crippen LogP contribution is 2.21. The summed E-state index contributed by atoms with van der Waals surface area (Å²) in [6.07, 6.45) is 1.91. The number of urea groups is 1. The Labute approximate surface area is 139 Å². The topological polar surface area (TPSA) is 67.4 Å². The van der Waals surface area contributed by atoms with Gasteiger partial charge in [0.25, 0.3) is 0 Å². The quantitative estimate of drug-likeness (QED) is 0.934. The summed E-state index contributed by atoms with van der Waals surface area (Å²) in [6.45, 7) is 4.06. The lowest BCUT2D eigenvalue weighted by Gasteiger charge is -2.31. The van der Waals surface area contributed by atoms with Crippen LogP contribution < -0.4 is 10.1 Å². The number of hydrogen-bond donors (Lipinski definition) is 1. The molecular weight excluding hydrogens is 312 g/mol. The van der Waals surface area contributed by atoms with Gasteiger partial charge in [-0.25, -0.2) is 4.79 Å². The highest BCUT2D eigenvalue weighted by atomic mass is 32.1. The molecule has 1 aromatic heterocycles. The zero-order valence-corrected chi connectivity index (χ0v) is 13.9. The van der Waals surface area contributed by atoms with Crippen LogP contribution in [0.15, 0.2) is 30.3 Å². The number of nitrogens with one attached hydrogen (secondary N) is 1. The SMILES string of the molecule is Cc1nnc(NC(=O)N2CCC(COc3ccccc3)CC2)s1. The summed E-state index contributed by atoms with van der Waals surface area (Å²) in [5, 5.41) is 12.0. The van der Waals surface area contributed by atoms with Crippen LogP contribution in [0.25, 0.3) is 0 Å². The number of nitrogens with zero attached hydrogens (tertiary/aromatic N) is 3. The van der Waals surface area contributed by atoms with Crippen LogP contribution in [0.4, 0.5) is 9.93 Å². The number of benzene rings is 1. The molecule has 1 aromatic carbocycles. The standard InChI is InChI=1S/C16H20N4O2S/c1-12-18-19-15(23-12)17-16(21)20-9-7-13(8-10-20)11-22-14-5-3-2-4-6-14/h2-6,13H,7-11H2,1H3,(H,17,19,21). The Morgan fingerprint density at radius 3 is 2.70 bits per heavy atom. The second-order valence-corrected chi connectivity index (χ2v) is 6.79. The van der Waals surface area contributed by atoms with E-state index < -0.39 is 0 Å². The molecule has 1 aliphatic rings. The Morgan fingerprint density at radius 1 is 1.30 bits per heavy atom. The fraction of sp³-hybridized carbons (Fsp3) is 0.438. The van der Waals surface area contributed by atoms with Gasteiger partial charge in [-0.2, -0.15) is 0 Å². The third-order valence-corrected chi connectivity index (χ3v) is 4.62. The molecule has 0 radical (unpaired) electrons. The zero-order chi connectivity index (χ0) is 16.1. The normalized spacial score (nSPS) is 15.4. The molecule has 23 heavy (non-hydrogen) atoms. The van der Waals surface area contributed by atoms with Crippen molar-refractivity contribution in [2.45, 2.75) is 19.8 Å². The third kappa shape index (κ3) is 4.41. The van der Waals surface area contributed by atoms with E-state index in [9.17, 15) is 4.79 Å². The van der Waals surface area contributed by atoms with Crippen LogP contribution in [0.1, 0.15) is 17.8 Å². The molecule has 2 heterocycles. The minimum Gasteiger partial charge on any atom is -0.493 e. The van der Waals surface area contributed by atoms with Crippen LogP contribution in [0.5, 0.6) is 5.75 Å². The van der Waals surface area contributed by atoms with E-state index in [-0.39, 0.29) is 6.03 Å². The molecule has 2 amide bonds. The smallest absolute Gasteiger partial charge is 0.323 e. The maximum Gasteiger partial charge on any atom is 0.323 e. The minimum absolute atomic E-state index is 0.0939. The Kier molecular flexibility index (Phi) is 5.07. The predicted molar refractivity (Wildman–Crippen MR) is 89.9 cm³/mol. The minimum atomic E-state index is -0.0939. The maximum atomic E-state index is 12.2. The number of para-hydroxylation sites is 1. The van der Waals surface area contributed by atoms with Crippen molar-refractivity contribution in [2.24, 2.45) is 5.92 Å². The number of likely N-dealkylation sites (tertiary alicyclic amines) is 1. The van der Waals surface area contributed by atoms with Gasteiger partial charge < -0.3 is 9.64 Å². The molecule has 1 fully saturated rings. The van der Waals surface area contributed by atoms with Gasteiger partial charge in [-0.05, 0) is 37.8 Å². The second kappa shape index (κ2) is 7.41. The lowest BCUT2D eigenvalue weighted by atomic mass is 9.98. The van der Waals surface area contributed by atoms with Gasteiger partial charge >= 0.3 is 6.03 Å². The van der Waals surface area contributed by atoms with E-state index in [1.165, 1.54) is 11.3 Å². The largest absolute Gasteiger partial charge is 0.493 e. The molecule has 7 heteroatoms. The lowest BCUT2D eigenvalue weighted by Crippen LogP contribution is -2.42. The maximum absolute atomic E-state index is 12.2. The molecule has 1 aliphatic heterocycles. The number of piperidine rings is 1. The molecule has 0 unspecified atom stereocenters. The van der Waals surface area contributed by atoms with Gasteiger partial charge in [0, 0.05) is 13.1 Å². The molecule has 1 N–H and O–H groups in total. The average molecular weight is 332 g/mol. The molecule has 1 saturated heterocycles. The molecule has 0 atom stereocenters. The Bertz CT molecular complexity index is 639. The highest BCUT2D eigenvalue weighted by Gasteiger charge is 2.23. The summed E-state index contributed by atoms with van der Waals surface area (Å²) in [5.41, 5.74) is 0. The van der Waals surface area contributed by atoms with E-state index >= 15 is 0 Å². The van der Waals surface area contributed by atoms with Crippen molar-refractivity contribution in [3.05, 3.63) is 35.3 Å². The zero-order valence-electron chi connectivity index (χ0n) is 13.1. The summed E-state index contributed by atoms with van der Waals surface area (Å²) in [7, 11) is 0. The van der Waals surface area contributed by atoms with Gasteiger partial charge in [0.2, 0.25) is 5.13 Å². The average Bonchev–Trinajstić information content (AvgIpc) is 2.99.